The number of hydrogen-bond acceptors (Lipinski definition) is 8. The summed E-state index contributed by atoms with van der Waals surface area (Å²) in [6.45, 7) is -0.617. The third kappa shape index (κ3) is 5.29. The Hall–Kier alpha value is -3.54. The standard InChI is InChI=1S/C18H21N3O8S/c1-27-13-6-8-17(29-3)15(10-13)20(30(4,25)26)11-18(22)19-14-9-12(21(23)24)5-7-16(14)28-2/h5-10H,11H2,1-4H3,(H,19,22). The molecule has 11 nitrogen and oxygen atoms in total. The number of sulfonamides is 1. The maximum absolute atomic E-state index is 12.6. The van der Waals surface area contributed by atoms with Gasteiger partial charge in [0.25, 0.3) is 5.69 Å². The van der Waals surface area contributed by atoms with E-state index in [0.717, 1.165) is 16.6 Å². The molecule has 2 rings (SSSR count). The third-order valence-corrected chi connectivity index (χ3v) is 5.14. The van der Waals surface area contributed by atoms with E-state index >= 15 is 0 Å². The third-order valence-electron chi connectivity index (χ3n) is 4.01. The summed E-state index contributed by atoms with van der Waals surface area (Å²) in [5.74, 6) is 0.00470. The van der Waals surface area contributed by atoms with E-state index in [0.29, 0.717) is 5.75 Å². The van der Waals surface area contributed by atoms with Crippen LogP contribution in [0.4, 0.5) is 17.1 Å². The van der Waals surface area contributed by atoms with E-state index < -0.39 is 27.4 Å². The van der Waals surface area contributed by atoms with Gasteiger partial charge in [0.1, 0.15) is 23.8 Å². The minimum absolute atomic E-state index is 0.0303. The first-order chi connectivity index (χ1) is 14.1. The normalized spacial score (nSPS) is 10.8. The molecule has 1 amide bonds. The van der Waals surface area contributed by atoms with Crippen molar-refractivity contribution in [2.45, 2.75) is 0 Å². The van der Waals surface area contributed by atoms with Crippen LogP contribution in [0.3, 0.4) is 0 Å². The predicted molar refractivity (Wildman–Crippen MR) is 110 cm³/mol. The van der Waals surface area contributed by atoms with Crippen molar-refractivity contribution in [3.63, 3.8) is 0 Å². The van der Waals surface area contributed by atoms with Crippen LogP contribution < -0.4 is 23.8 Å². The molecule has 2 aromatic carbocycles. The number of nitrogens with zero attached hydrogens (tertiary/aromatic N) is 2. The summed E-state index contributed by atoms with van der Waals surface area (Å²) >= 11 is 0. The molecular weight excluding hydrogens is 418 g/mol. The lowest BCUT2D eigenvalue weighted by Crippen LogP contribution is -2.37. The van der Waals surface area contributed by atoms with Crippen molar-refractivity contribution in [3.8, 4) is 17.2 Å². The van der Waals surface area contributed by atoms with E-state index in [4.69, 9.17) is 14.2 Å². The number of anilines is 2. The van der Waals surface area contributed by atoms with Crippen molar-refractivity contribution >= 4 is 33.0 Å². The first-order valence-electron chi connectivity index (χ1n) is 8.42. The van der Waals surface area contributed by atoms with Crippen LogP contribution in [-0.4, -0.2) is 53.4 Å². The molecule has 0 aliphatic carbocycles. The Balaban J connectivity index is 2.39. The number of non-ortho nitro benzene ring substituents is 1. The number of methoxy groups -OCH3 is 3. The minimum atomic E-state index is -3.90. The molecule has 162 valence electrons. The van der Waals surface area contributed by atoms with Gasteiger partial charge in [0.15, 0.2) is 0 Å². The van der Waals surface area contributed by atoms with Gasteiger partial charge in [-0.2, -0.15) is 0 Å². The summed E-state index contributed by atoms with van der Waals surface area (Å²) in [6.07, 6.45) is 0.938. The molecule has 0 radical (unpaired) electrons. The molecule has 0 saturated carbocycles. The average molecular weight is 439 g/mol. The molecule has 0 bridgehead atoms. The van der Waals surface area contributed by atoms with E-state index in [1.807, 2.05) is 0 Å². The van der Waals surface area contributed by atoms with Gasteiger partial charge in [0, 0.05) is 18.2 Å². The van der Waals surface area contributed by atoms with Crippen LogP contribution in [0.1, 0.15) is 0 Å². The van der Waals surface area contributed by atoms with Gasteiger partial charge in [-0.05, 0) is 18.2 Å². The van der Waals surface area contributed by atoms with Gasteiger partial charge < -0.3 is 19.5 Å². The van der Waals surface area contributed by atoms with Crippen molar-refractivity contribution < 1.29 is 32.3 Å². The summed E-state index contributed by atoms with van der Waals surface area (Å²) in [6, 6.07) is 8.17. The molecule has 0 spiro atoms. The molecule has 0 aliphatic heterocycles. The minimum Gasteiger partial charge on any atom is -0.497 e. The number of rotatable bonds is 9. The Morgan fingerprint density at radius 3 is 2.23 bits per heavy atom. The first-order valence-corrected chi connectivity index (χ1v) is 10.3. The fourth-order valence-corrected chi connectivity index (χ4v) is 3.45. The summed E-state index contributed by atoms with van der Waals surface area (Å²) in [5, 5.41) is 13.5. The van der Waals surface area contributed by atoms with Crippen LogP contribution in [0.25, 0.3) is 0 Å². The second kappa shape index (κ2) is 9.31. The smallest absolute Gasteiger partial charge is 0.271 e. The molecule has 12 heteroatoms. The lowest BCUT2D eigenvalue weighted by molar-refractivity contribution is -0.384. The zero-order chi connectivity index (χ0) is 22.5. The monoisotopic (exact) mass is 439 g/mol. The molecule has 30 heavy (non-hydrogen) atoms. The van der Waals surface area contributed by atoms with Crippen LogP contribution in [0.2, 0.25) is 0 Å². The van der Waals surface area contributed by atoms with E-state index in [2.05, 4.69) is 5.32 Å². The number of ether oxygens (including phenoxy) is 3. The average Bonchev–Trinajstić information content (AvgIpc) is 2.70. The molecule has 0 aromatic heterocycles. The molecule has 0 unspecified atom stereocenters. The predicted octanol–water partition coefficient (Wildman–Crippen LogP) is 2.03. The highest BCUT2D eigenvalue weighted by Crippen LogP contribution is 2.34. The quantitative estimate of drug-likeness (QED) is 0.463. The number of nitrogens with one attached hydrogen (secondary N) is 1. The Labute approximate surface area is 173 Å². The largest absolute Gasteiger partial charge is 0.497 e. The number of nitro groups is 1. The molecule has 0 aliphatic rings. The molecule has 1 N–H and O–H groups in total. The summed E-state index contributed by atoms with van der Waals surface area (Å²) in [7, 11) is 0.207. The molecule has 0 atom stereocenters. The maximum atomic E-state index is 12.6. The number of nitro benzene ring substituents is 1. The number of carbonyl (C=O) groups excluding carboxylic acids is 1. The molecule has 0 fully saturated rings. The van der Waals surface area contributed by atoms with Crippen LogP contribution >= 0.6 is 0 Å². The van der Waals surface area contributed by atoms with Crippen LogP contribution in [0.5, 0.6) is 17.2 Å². The molecule has 0 saturated heterocycles. The Morgan fingerprint density at radius 1 is 1.07 bits per heavy atom. The Morgan fingerprint density at radius 2 is 1.70 bits per heavy atom. The highest BCUT2D eigenvalue weighted by Gasteiger charge is 2.25. The fourth-order valence-electron chi connectivity index (χ4n) is 2.60. The van der Waals surface area contributed by atoms with Crippen molar-refractivity contribution in [1.29, 1.82) is 0 Å². The van der Waals surface area contributed by atoms with Crippen LogP contribution in [0.15, 0.2) is 36.4 Å². The van der Waals surface area contributed by atoms with Crippen LogP contribution in [0, 0.1) is 10.1 Å². The number of amides is 1. The van der Waals surface area contributed by atoms with E-state index in [1.54, 1.807) is 6.07 Å². The van der Waals surface area contributed by atoms with Gasteiger partial charge in [-0.15, -0.1) is 0 Å². The first kappa shape index (κ1) is 22.7. The second-order valence-electron chi connectivity index (χ2n) is 6.00. The van der Waals surface area contributed by atoms with E-state index in [1.165, 1.54) is 45.6 Å². The van der Waals surface area contributed by atoms with Gasteiger partial charge >= 0.3 is 0 Å². The molecular formula is C18H21N3O8S. The zero-order valence-electron chi connectivity index (χ0n) is 16.7. The fraction of sp³-hybridized carbons (Fsp3) is 0.278. The highest BCUT2D eigenvalue weighted by atomic mass is 32.2. The summed E-state index contributed by atoms with van der Waals surface area (Å²) < 4.78 is 41.1. The number of benzene rings is 2. The highest BCUT2D eigenvalue weighted by molar-refractivity contribution is 7.92. The number of carbonyl (C=O) groups is 1. The maximum Gasteiger partial charge on any atom is 0.271 e. The molecule has 0 heterocycles. The second-order valence-corrected chi connectivity index (χ2v) is 7.90. The van der Waals surface area contributed by atoms with Gasteiger partial charge in [0.2, 0.25) is 15.9 Å². The van der Waals surface area contributed by atoms with Crippen molar-refractivity contribution in [3.05, 3.63) is 46.5 Å². The SMILES string of the molecule is COc1ccc(OC)c(N(CC(=O)Nc2cc([N+](=O)[O-])ccc2OC)S(C)(=O)=O)c1. The van der Waals surface area contributed by atoms with Crippen molar-refractivity contribution in [2.24, 2.45) is 0 Å². The summed E-state index contributed by atoms with van der Waals surface area (Å²) in [5.41, 5.74) is -0.135. The molecule has 2 aromatic rings. The zero-order valence-corrected chi connectivity index (χ0v) is 17.6. The van der Waals surface area contributed by atoms with Crippen molar-refractivity contribution in [2.75, 3.05) is 43.8 Å². The van der Waals surface area contributed by atoms with Gasteiger partial charge in [0.05, 0.1) is 43.9 Å². The van der Waals surface area contributed by atoms with Gasteiger partial charge in [-0.25, -0.2) is 8.42 Å². The number of hydrogen-bond donors (Lipinski definition) is 1. The van der Waals surface area contributed by atoms with E-state index in [9.17, 15) is 23.3 Å². The van der Waals surface area contributed by atoms with Crippen molar-refractivity contribution in [1.82, 2.24) is 0 Å². The lowest BCUT2D eigenvalue weighted by Gasteiger charge is -2.24. The topological polar surface area (TPSA) is 137 Å². The Kier molecular flexibility index (Phi) is 7.06. The summed E-state index contributed by atoms with van der Waals surface area (Å²) in [4.78, 5) is 23.0. The van der Waals surface area contributed by atoms with Gasteiger partial charge in [-0.3, -0.25) is 19.2 Å². The van der Waals surface area contributed by atoms with Gasteiger partial charge in [-0.1, -0.05) is 0 Å². The lowest BCUT2D eigenvalue weighted by atomic mass is 10.2. The Bertz CT molecular complexity index is 1060. The van der Waals surface area contributed by atoms with E-state index in [-0.39, 0.29) is 28.6 Å². The van der Waals surface area contributed by atoms with Crippen LogP contribution in [-0.2, 0) is 14.8 Å².